The molecule has 0 fully saturated rings. The molecule has 0 aliphatic heterocycles. The van der Waals surface area contributed by atoms with Gasteiger partial charge in [-0.2, -0.15) is 0 Å². The molecule has 18 heavy (non-hydrogen) atoms. The molecule has 5 heteroatoms. The molecule has 1 aromatic carbocycles. The molecule has 0 saturated heterocycles. The first-order chi connectivity index (χ1) is 8.69. The average molecular weight is 264 g/mol. The molecule has 2 rings (SSSR count). The van der Waals surface area contributed by atoms with Crippen molar-refractivity contribution in [2.24, 2.45) is 5.73 Å². The summed E-state index contributed by atoms with van der Waals surface area (Å²) in [6.45, 7) is 2.49. The maximum absolute atomic E-state index is 5.63. The molecular weight excluding hydrogens is 248 g/mol. The van der Waals surface area contributed by atoms with Crippen molar-refractivity contribution in [1.82, 2.24) is 4.98 Å². The monoisotopic (exact) mass is 264 g/mol. The predicted octanol–water partition coefficient (Wildman–Crippen LogP) is 2.59. The summed E-state index contributed by atoms with van der Waals surface area (Å²) in [6, 6.07) is 5.68. The van der Waals surface area contributed by atoms with Gasteiger partial charge in [-0.25, -0.2) is 4.98 Å². The van der Waals surface area contributed by atoms with Crippen molar-refractivity contribution in [3.63, 3.8) is 0 Å². The quantitative estimate of drug-likeness (QED) is 0.922. The molecule has 0 amide bonds. The number of hydrogen-bond acceptors (Lipinski definition) is 5. The Balaban J connectivity index is 2.56. The second kappa shape index (κ2) is 5.37. The molecular formula is C13H16N2O2S. The Kier molecular flexibility index (Phi) is 3.84. The van der Waals surface area contributed by atoms with E-state index >= 15 is 0 Å². The average Bonchev–Trinajstić information content (AvgIpc) is 2.79. The summed E-state index contributed by atoms with van der Waals surface area (Å²) in [6.07, 6.45) is 0. The lowest BCUT2D eigenvalue weighted by molar-refractivity contribution is 0.404. The minimum Gasteiger partial charge on any atom is -0.497 e. The van der Waals surface area contributed by atoms with Gasteiger partial charge >= 0.3 is 0 Å². The summed E-state index contributed by atoms with van der Waals surface area (Å²) in [5, 5.41) is 0.923. The van der Waals surface area contributed by atoms with E-state index in [1.165, 1.54) is 0 Å². The van der Waals surface area contributed by atoms with E-state index in [-0.39, 0.29) is 0 Å². The lowest BCUT2D eigenvalue weighted by atomic mass is 10.1. The number of nitrogens with zero attached hydrogens (tertiary/aromatic N) is 1. The molecule has 0 radical (unpaired) electrons. The third-order valence-electron chi connectivity index (χ3n) is 2.68. The van der Waals surface area contributed by atoms with Crippen molar-refractivity contribution >= 4 is 11.3 Å². The summed E-state index contributed by atoms with van der Waals surface area (Å²) < 4.78 is 10.6. The molecule has 0 spiro atoms. The lowest BCUT2D eigenvalue weighted by Gasteiger charge is -2.09. The van der Waals surface area contributed by atoms with Crippen LogP contribution in [0, 0.1) is 6.92 Å². The molecule has 1 heterocycles. The fourth-order valence-electron chi connectivity index (χ4n) is 1.79. The molecule has 0 aliphatic rings. The van der Waals surface area contributed by atoms with Gasteiger partial charge in [-0.15, -0.1) is 11.3 Å². The van der Waals surface area contributed by atoms with E-state index in [1.807, 2.05) is 25.1 Å². The van der Waals surface area contributed by atoms with E-state index in [2.05, 4.69) is 4.98 Å². The third-order valence-corrected chi connectivity index (χ3v) is 3.67. The number of benzene rings is 1. The molecule has 0 unspecified atom stereocenters. The van der Waals surface area contributed by atoms with Crippen molar-refractivity contribution in [2.75, 3.05) is 14.2 Å². The van der Waals surface area contributed by atoms with Crippen LogP contribution in [0.2, 0.25) is 0 Å². The Bertz CT molecular complexity index is 552. The van der Waals surface area contributed by atoms with E-state index in [0.717, 1.165) is 32.6 Å². The third kappa shape index (κ3) is 2.32. The van der Waals surface area contributed by atoms with Crippen LogP contribution in [0.15, 0.2) is 18.2 Å². The smallest absolute Gasteiger partial charge is 0.128 e. The minimum atomic E-state index is 0.456. The van der Waals surface area contributed by atoms with Gasteiger partial charge in [-0.1, -0.05) is 0 Å². The van der Waals surface area contributed by atoms with Gasteiger partial charge in [-0.3, -0.25) is 0 Å². The highest BCUT2D eigenvalue weighted by Crippen LogP contribution is 2.36. The zero-order chi connectivity index (χ0) is 13.1. The van der Waals surface area contributed by atoms with Crippen LogP contribution in [0.1, 0.15) is 9.88 Å². The number of nitrogens with two attached hydrogens (primary N) is 1. The lowest BCUT2D eigenvalue weighted by Crippen LogP contribution is -1.95. The Hall–Kier alpha value is -1.59. The molecule has 0 saturated carbocycles. The van der Waals surface area contributed by atoms with Crippen LogP contribution in [-0.2, 0) is 6.54 Å². The van der Waals surface area contributed by atoms with Crippen molar-refractivity contribution in [2.45, 2.75) is 13.5 Å². The fourth-order valence-corrected chi connectivity index (χ4v) is 2.61. The number of aromatic nitrogens is 1. The first kappa shape index (κ1) is 12.9. The number of ether oxygens (including phenoxy) is 2. The van der Waals surface area contributed by atoms with E-state index in [9.17, 15) is 0 Å². The largest absolute Gasteiger partial charge is 0.497 e. The fraction of sp³-hybridized carbons (Fsp3) is 0.308. The van der Waals surface area contributed by atoms with Gasteiger partial charge in [-0.05, 0) is 25.1 Å². The van der Waals surface area contributed by atoms with Crippen LogP contribution in [-0.4, -0.2) is 19.2 Å². The van der Waals surface area contributed by atoms with E-state index < -0.39 is 0 Å². The van der Waals surface area contributed by atoms with Gasteiger partial charge in [0, 0.05) is 17.0 Å². The Morgan fingerprint density at radius 2 is 2.06 bits per heavy atom. The maximum Gasteiger partial charge on any atom is 0.128 e. The molecule has 96 valence electrons. The van der Waals surface area contributed by atoms with Gasteiger partial charge in [0.05, 0.1) is 19.9 Å². The van der Waals surface area contributed by atoms with Crippen molar-refractivity contribution in [3.8, 4) is 22.8 Å². The summed E-state index contributed by atoms with van der Waals surface area (Å²) in [5.74, 6) is 1.57. The van der Waals surface area contributed by atoms with Gasteiger partial charge < -0.3 is 15.2 Å². The molecule has 2 aromatic rings. The van der Waals surface area contributed by atoms with Crippen molar-refractivity contribution in [1.29, 1.82) is 0 Å². The molecule has 0 atom stereocenters. The second-order valence-electron chi connectivity index (χ2n) is 3.78. The van der Waals surface area contributed by atoms with E-state index in [4.69, 9.17) is 15.2 Å². The van der Waals surface area contributed by atoms with Crippen molar-refractivity contribution in [3.05, 3.63) is 28.1 Å². The predicted molar refractivity (Wildman–Crippen MR) is 73.3 cm³/mol. The summed E-state index contributed by atoms with van der Waals surface area (Å²) >= 11 is 1.61. The zero-order valence-corrected chi connectivity index (χ0v) is 11.5. The van der Waals surface area contributed by atoms with Gasteiger partial charge in [0.15, 0.2) is 0 Å². The normalized spacial score (nSPS) is 10.4. The first-order valence-electron chi connectivity index (χ1n) is 5.58. The van der Waals surface area contributed by atoms with Crippen LogP contribution in [0.4, 0.5) is 0 Å². The van der Waals surface area contributed by atoms with E-state index in [1.54, 1.807) is 25.6 Å². The summed E-state index contributed by atoms with van der Waals surface area (Å²) in [5.41, 5.74) is 7.48. The minimum absolute atomic E-state index is 0.456. The Morgan fingerprint density at radius 1 is 1.28 bits per heavy atom. The first-order valence-corrected chi connectivity index (χ1v) is 6.40. The van der Waals surface area contributed by atoms with Gasteiger partial charge in [0.25, 0.3) is 0 Å². The topological polar surface area (TPSA) is 57.4 Å². The molecule has 1 aromatic heterocycles. The summed E-state index contributed by atoms with van der Waals surface area (Å²) in [7, 11) is 3.29. The Morgan fingerprint density at radius 3 is 2.61 bits per heavy atom. The second-order valence-corrected chi connectivity index (χ2v) is 5.07. The number of aryl methyl sites for hydroxylation is 1. The van der Waals surface area contributed by atoms with Crippen molar-refractivity contribution < 1.29 is 9.47 Å². The Labute approximate surface area is 110 Å². The van der Waals surface area contributed by atoms with E-state index in [0.29, 0.717) is 6.54 Å². The van der Waals surface area contributed by atoms with Crippen LogP contribution >= 0.6 is 11.3 Å². The molecule has 0 bridgehead atoms. The van der Waals surface area contributed by atoms with Crippen LogP contribution < -0.4 is 15.2 Å². The number of thiazole rings is 1. The zero-order valence-electron chi connectivity index (χ0n) is 10.7. The SMILES string of the molecule is COc1ccc(OC)c(-c2nc(CN)sc2C)c1. The highest BCUT2D eigenvalue weighted by molar-refractivity contribution is 7.12. The molecule has 4 nitrogen and oxygen atoms in total. The summed E-state index contributed by atoms with van der Waals surface area (Å²) in [4.78, 5) is 5.67. The highest BCUT2D eigenvalue weighted by atomic mass is 32.1. The van der Waals surface area contributed by atoms with Gasteiger partial charge in [0.2, 0.25) is 0 Å². The number of methoxy groups -OCH3 is 2. The van der Waals surface area contributed by atoms with Crippen LogP contribution in [0.25, 0.3) is 11.3 Å². The standard InChI is InChI=1S/C13H16N2O2S/c1-8-13(15-12(7-14)18-8)10-6-9(16-2)4-5-11(10)17-3/h4-6H,7,14H2,1-3H3. The molecule has 0 aliphatic carbocycles. The highest BCUT2D eigenvalue weighted by Gasteiger charge is 2.14. The van der Waals surface area contributed by atoms with Gasteiger partial charge in [0.1, 0.15) is 16.5 Å². The molecule has 2 N–H and O–H groups in total. The number of hydrogen-bond donors (Lipinski definition) is 1. The van der Waals surface area contributed by atoms with Crippen LogP contribution in [0.5, 0.6) is 11.5 Å². The number of rotatable bonds is 4. The maximum atomic E-state index is 5.63. The van der Waals surface area contributed by atoms with Crippen LogP contribution in [0.3, 0.4) is 0 Å².